The van der Waals surface area contributed by atoms with Gasteiger partial charge in [-0.2, -0.15) is 0 Å². The van der Waals surface area contributed by atoms with Crippen molar-refractivity contribution < 1.29 is 19.4 Å². The first-order chi connectivity index (χ1) is 8.96. The predicted molar refractivity (Wildman–Crippen MR) is 76.6 cm³/mol. The normalized spacial score (nSPS) is 21.1. The number of alkyl carbamates (subject to hydrolysis) is 1. The SMILES string of the molecule is CC1(C)CCC(CNC(=O)OC(C)(C)C)(C(=O)O)CC1. The number of nitrogens with one attached hydrogen (secondary N) is 1. The lowest BCUT2D eigenvalue weighted by Crippen LogP contribution is -2.47. The molecule has 1 aliphatic rings. The van der Waals surface area contributed by atoms with Gasteiger partial charge in [0.15, 0.2) is 0 Å². The molecule has 2 N–H and O–H groups in total. The zero-order valence-corrected chi connectivity index (χ0v) is 13.2. The van der Waals surface area contributed by atoms with Crippen molar-refractivity contribution in [2.24, 2.45) is 10.8 Å². The molecule has 1 aliphatic carbocycles. The molecule has 1 fully saturated rings. The zero-order valence-electron chi connectivity index (χ0n) is 13.2. The van der Waals surface area contributed by atoms with Crippen molar-refractivity contribution in [1.29, 1.82) is 0 Å². The summed E-state index contributed by atoms with van der Waals surface area (Å²) >= 11 is 0. The number of amides is 1. The summed E-state index contributed by atoms with van der Waals surface area (Å²) in [6.07, 6.45) is 2.34. The standard InChI is InChI=1S/C15H27NO4/c1-13(2,3)20-12(19)16-10-15(11(17)18)8-6-14(4,5)7-9-15/h6-10H2,1-5H3,(H,16,19)(H,17,18). The minimum Gasteiger partial charge on any atom is -0.481 e. The van der Waals surface area contributed by atoms with Gasteiger partial charge in [0.25, 0.3) is 0 Å². The Labute approximate surface area is 121 Å². The molecule has 0 spiro atoms. The van der Waals surface area contributed by atoms with Crippen LogP contribution in [0.3, 0.4) is 0 Å². The second kappa shape index (κ2) is 5.62. The van der Waals surface area contributed by atoms with Gasteiger partial charge in [-0.05, 0) is 51.9 Å². The number of carboxylic acids is 1. The molecule has 5 heteroatoms. The Morgan fingerprint density at radius 1 is 1.15 bits per heavy atom. The van der Waals surface area contributed by atoms with E-state index < -0.39 is 23.1 Å². The molecule has 5 nitrogen and oxygen atoms in total. The molecule has 0 atom stereocenters. The Morgan fingerprint density at radius 2 is 1.65 bits per heavy atom. The fraction of sp³-hybridized carbons (Fsp3) is 0.867. The maximum absolute atomic E-state index is 11.7. The van der Waals surface area contributed by atoms with Gasteiger partial charge in [0.2, 0.25) is 0 Å². The third kappa shape index (κ3) is 4.69. The van der Waals surface area contributed by atoms with Crippen molar-refractivity contribution in [2.75, 3.05) is 6.54 Å². The van der Waals surface area contributed by atoms with E-state index in [4.69, 9.17) is 4.74 Å². The van der Waals surface area contributed by atoms with Crippen molar-refractivity contribution in [3.8, 4) is 0 Å². The molecule has 0 aromatic heterocycles. The Hall–Kier alpha value is -1.26. The zero-order chi connectivity index (χ0) is 15.6. The fourth-order valence-corrected chi connectivity index (χ4v) is 2.43. The van der Waals surface area contributed by atoms with Crippen LogP contribution in [0.4, 0.5) is 4.79 Å². The molecule has 0 aromatic rings. The summed E-state index contributed by atoms with van der Waals surface area (Å²) < 4.78 is 5.15. The largest absolute Gasteiger partial charge is 0.481 e. The lowest BCUT2D eigenvalue weighted by Gasteiger charge is -2.40. The molecule has 0 bridgehead atoms. The second-order valence-corrected chi connectivity index (χ2v) is 7.61. The molecular weight excluding hydrogens is 258 g/mol. The minimum absolute atomic E-state index is 0.132. The number of carbonyl (C=O) groups excluding carboxylic acids is 1. The van der Waals surface area contributed by atoms with Crippen molar-refractivity contribution in [3.63, 3.8) is 0 Å². The Morgan fingerprint density at radius 3 is 2.05 bits per heavy atom. The molecule has 0 unspecified atom stereocenters. The molecule has 0 aromatic carbocycles. The van der Waals surface area contributed by atoms with Crippen molar-refractivity contribution >= 4 is 12.1 Å². The van der Waals surface area contributed by atoms with Crippen LogP contribution in [0.25, 0.3) is 0 Å². The van der Waals surface area contributed by atoms with Crippen LogP contribution in [0.2, 0.25) is 0 Å². The fourth-order valence-electron chi connectivity index (χ4n) is 2.43. The smallest absolute Gasteiger partial charge is 0.407 e. The topological polar surface area (TPSA) is 75.6 Å². The molecule has 0 radical (unpaired) electrons. The van der Waals surface area contributed by atoms with Gasteiger partial charge in [0.05, 0.1) is 5.41 Å². The first-order valence-electron chi connectivity index (χ1n) is 7.16. The first-order valence-corrected chi connectivity index (χ1v) is 7.16. The number of aliphatic carboxylic acids is 1. The van der Waals surface area contributed by atoms with Gasteiger partial charge in [-0.15, -0.1) is 0 Å². The third-order valence-electron chi connectivity index (χ3n) is 3.98. The maximum Gasteiger partial charge on any atom is 0.407 e. The van der Waals surface area contributed by atoms with Crippen LogP contribution in [0, 0.1) is 10.8 Å². The summed E-state index contributed by atoms with van der Waals surface area (Å²) in [5, 5.41) is 12.1. The van der Waals surface area contributed by atoms with Gasteiger partial charge >= 0.3 is 12.1 Å². The number of rotatable bonds is 3. The van der Waals surface area contributed by atoms with E-state index in [2.05, 4.69) is 19.2 Å². The average molecular weight is 285 g/mol. The Bertz CT molecular complexity index is 372. The monoisotopic (exact) mass is 285 g/mol. The maximum atomic E-state index is 11.7. The first kappa shape index (κ1) is 16.8. The van der Waals surface area contributed by atoms with E-state index in [0.29, 0.717) is 12.8 Å². The summed E-state index contributed by atoms with van der Waals surface area (Å²) in [4.78, 5) is 23.3. The summed E-state index contributed by atoms with van der Waals surface area (Å²) in [7, 11) is 0. The average Bonchev–Trinajstić information content (AvgIpc) is 2.25. The van der Waals surface area contributed by atoms with Crippen LogP contribution in [-0.4, -0.2) is 29.3 Å². The van der Waals surface area contributed by atoms with Gasteiger partial charge in [-0.3, -0.25) is 4.79 Å². The number of hydrogen-bond donors (Lipinski definition) is 2. The summed E-state index contributed by atoms with van der Waals surface area (Å²) in [5.41, 5.74) is -1.24. The van der Waals surface area contributed by atoms with E-state index in [0.717, 1.165) is 12.8 Å². The highest BCUT2D eigenvalue weighted by molar-refractivity contribution is 5.76. The number of carbonyl (C=O) groups is 2. The van der Waals surface area contributed by atoms with E-state index in [9.17, 15) is 14.7 Å². The molecule has 20 heavy (non-hydrogen) atoms. The van der Waals surface area contributed by atoms with Crippen molar-refractivity contribution in [1.82, 2.24) is 5.32 Å². The second-order valence-electron chi connectivity index (χ2n) is 7.61. The minimum atomic E-state index is -0.855. The summed E-state index contributed by atoms with van der Waals surface area (Å²) in [5.74, 6) is -0.830. The van der Waals surface area contributed by atoms with Crippen LogP contribution >= 0.6 is 0 Å². The molecule has 1 rings (SSSR count). The lowest BCUT2D eigenvalue weighted by molar-refractivity contribution is -0.152. The van der Waals surface area contributed by atoms with E-state index in [-0.39, 0.29) is 12.0 Å². The third-order valence-corrected chi connectivity index (χ3v) is 3.98. The Balaban J connectivity index is 2.61. The molecule has 0 saturated heterocycles. The van der Waals surface area contributed by atoms with Gasteiger partial charge in [0, 0.05) is 6.54 Å². The van der Waals surface area contributed by atoms with Crippen LogP contribution in [0.15, 0.2) is 0 Å². The molecule has 1 amide bonds. The van der Waals surface area contributed by atoms with Crippen molar-refractivity contribution in [2.45, 2.75) is 65.9 Å². The van der Waals surface area contributed by atoms with E-state index in [1.165, 1.54) is 0 Å². The number of ether oxygens (including phenoxy) is 1. The van der Waals surface area contributed by atoms with Crippen LogP contribution in [-0.2, 0) is 9.53 Å². The van der Waals surface area contributed by atoms with Gasteiger partial charge in [-0.1, -0.05) is 13.8 Å². The molecule has 0 heterocycles. The van der Waals surface area contributed by atoms with E-state index in [1.807, 2.05) is 0 Å². The number of carboxylic acid groups (broad SMARTS) is 1. The van der Waals surface area contributed by atoms with Crippen LogP contribution in [0.1, 0.15) is 60.3 Å². The highest BCUT2D eigenvalue weighted by Gasteiger charge is 2.44. The quantitative estimate of drug-likeness (QED) is 0.835. The van der Waals surface area contributed by atoms with Gasteiger partial charge < -0.3 is 15.2 Å². The van der Waals surface area contributed by atoms with E-state index in [1.54, 1.807) is 20.8 Å². The number of hydrogen-bond acceptors (Lipinski definition) is 3. The molecule has 1 saturated carbocycles. The predicted octanol–water partition coefficient (Wildman–Crippen LogP) is 3.18. The van der Waals surface area contributed by atoms with Gasteiger partial charge in [0.1, 0.15) is 5.60 Å². The van der Waals surface area contributed by atoms with Gasteiger partial charge in [-0.25, -0.2) is 4.79 Å². The molecule has 116 valence electrons. The van der Waals surface area contributed by atoms with E-state index >= 15 is 0 Å². The summed E-state index contributed by atoms with van der Waals surface area (Å²) in [6, 6.07) is 0. The van der Waals surface area contributed by atoms with Crippen molar-refractivity contribution in [3.05, 3.63) is 0 Å². The lowest BCUT2D eigenvalue weighted by atomic mass is 9.65. The van der Waals surface area contributed by atoms with Crippen LogP contribution < -0.4 is 5.32 Å². The Kier molecular flexibility index (Phi) is 4.72. The molecule has 0 aliphatic heterocycles. The van der Waals surface area contributed by atoms with Crippen LogP contribution in [0.5, 0.6) is 0 Å². The summed E-state index contributed by atoms with van der Waals surface area (Å²) in [6.45, 7) is 9.78. The highest BCUT2D eigenvalue weighted by atomic mass is 16.6. The highest BCUT2D eigenvalue weighted by Crippen LogP contribution is 2.44. The molecular formula is C15H27NO4.